The lowest BCUT2D eigenvalue weighted by Gasteiger charge is -2.20. The van der Waals surface area contributed by atoms with E-state index in [1.165, 1.54) is 14.9 Å². The first-order chi connectivity index (χ1) is 8.28. The molecule has 0 atom stereocenters. The summed E-state index contributed by atoms with van der Waals surface area (Å²) in [5, 5.41) is 3.51. The highest BCUT2D eigenvalue weighted by molar-refractivity contribution is 9.10. The Bertz CT molecular complexity index is 383. The van der Waals surface area contributed by atoms with Gasteiger partial charge in [-0.05, 0) is 60.3 Å². The fraction of sp³-hybridized carbons (Fsp3) is 0.600. The van der Waals surface area contributed by atoms with Gasteiger partial charge in [0.25, 0.3) is 0 Å². The molecule has 1 nitrogen and oxygen atoms in total. The van der Waals surface area contributed by atoms with Crippen LogP contribution in [0.2, 0.25) is 0 Å². The van der Waals surface area contributed by atoms with Crippen LogP contribution in [0.25, 0.3) is 0 Å². The first-order valence-electron chi connectivity index (χ1n) is 6.44. The van der Waals surface area contributed by atoms with E-state index in [9.17, 15) is 0 Å². The lowest BCUT2D eigenvalue weighted by molar-refractivity contribution is 0.424. The van der Waals surface area contributed by atoms with Crippen molar-refractivity contribution in [2.75, 3.05) is 5.75 Å². The largest absolute Gasteiger partial charge is 0.308 e. The molecule has 0 aliphatic rings. The van der Waals surface area contributed by atoms with E-state index in [1.807, 2.05) is 11.8 Å². The lowest BCUT2D eigenvalue weighted by Crippen LogP contribution is -2.35. The summed E-state index contributed by atoms with van der Waals surface area (Å²) >= 11 is 5.59. The van der Waals surface area contributed by atoms with Gasteiger partial charge in [0, 0.05) is 27.2 Å². The van der Waals surface area contributed by atoms with E-state index >= 15 is 0 Å². The van der Waals surface area contributed by atoms with Crippen molar-refractivity contribution in [2.45, 2.75) is 51.6 Å². The second kappa shape index (κ2) is 6.97. The van der Waals surface area contributed by atoms with Gasteiger partial charge >= 0.3 is 0 Å². The number of thioether (sulfide) groups is 1. The van der Waals surface area contributed by atoms with Gasteiger partial charge in [-0.25, -0.2) is 0 Å². The van der Waals surface area contributed by atoms with Crippen LogP contribution in [0, 0.1) is 5.92 Å². The topological polar surface area (TPSA) is 12.0 Å². The third-order valence-electron chi connectivity index (χ3n) is 2.39. The van der Waals surface area contributed by atoms with Crippen LogP contribution >= 0.6 is 27.7 Å². The highest BCUT2D eigenvalue weighted by Gasteiger charge is 2.09. The van der Waals surface area contributed by atoms with Crippen LogP contribution in [-0.4, -0.2) is 11.3 Å². The zero-order valence-electron chi connectivity index (χ0n) is 12.0. The standard InChI is InChI=1S/C15H24BrNS/c1-11(2)10-18-14-7-6-12(8-13(14)16)9-17-15(3,4)5/h6-8,11,17H,9-10H2,1-5H3. The van der Waals surface area contributed by atoms with Crippen molar-refractivity contribution in [3.8, 4) is 0 Å². The van der Waals surface area contributed by atoms with Crippen molar-refractivity contribution in [2.24, 2.45) is 5.92 Å². The Labute approximate surface area is 124 Å². The number of rotatable bonds is 5. The maximum absolute atomic E-state index is 3.67. The minimum Gasteiger partial charge on any atom is -0.308 e. The number of halogens is 1. The second-order valence-electron chi connectivity index (χ2n) is 6.07. The molecule has 102 valence electrons. The van der Waals surface area contributed by atoms with Crippen LogP contribution in [0.1, 0.15) is 40.2 Å². The van der Waals surface area contributed by atoms with Gasteiger partial charge in [0.15, 0.2) is 0 Å². The molecule has 0 aromatic heterocycles. The molecule has 0 bridgehead atoms. The van der Waals surface area contributed by atoms with Gasteiger partial charge in [0.05, 0.1) is 0 Å². The molecule has 1 N–H and O–H groups in total. The summed E-state index contributed by atoms with van der Waals surface area (Å²) in [4.78, 5) is 1.34. The van der Waals surface area contributed by atoms with Crippen molar-refractivity contribution in [3.05, 3.63) is 28.2 Å². The molecule has 0 aliphatic carbocycles. The summed E-state index contributed by atoms with van der Waals surface area (Å²) in [5.74, 6) is 1.89. The highest BCUT2D eigenvalue weighted by Crippen LogP contribution is 2.29. The molecule has 1 aromatic rings. The van der Waals surface area contributed by atoms with Crippen molar-refractivity contribution in [3.63, 3.8) is 0 Å². The van der Waals surface area contributed by atoms with Crippen LogP contribution < -0.4 is 5.32 Å². The van der Waals surface area contributed by atoms with Gasteiger partial charge in [0.1, 0.15) is 0 Å². The maximum atomic E-state index is 3.67. The summed E-state index contributed by atoms with van der Waals surface area (Å²) in [6.07, 6.45) is 0. The number of hydrogen-bond donors (Lipinski definition) is 1. The van der Waals surface area contributed by atoms with Gasteiger partial charge in [-0.2, -0.15) is 0 Å². The van der Waals surface area contributed by atoms with Crippen LogP contribution in [0.5, 0.6) is 0 Å². The Morgan fingerprint density at radius 2 is 1.94 bits per heavy atom. The predicted molar refractivity (Wildman–Crippen MR) is 86.3 cm³/mol. The molecule has 0 unspecified atom stereocenters. The number of hydrogen-bond acceptors (Lipinski definition) is 2. The Balaban J connectivity index is 2.62. The second-order valence-corrected chi connectivity index (χ2v) is 7.99. The molecule has 18 heavy (non-hydrogen) atoms. The molecule has 0 amide bonds. The van der Waals surface area contributed by atoms with Gasteiger partial charge in [-0.1, -0.05) is 19.9 Å². The van der Waals surface area contributed by atoms with Crippen LogP contribution in [0.15, 0.2) is 27.6 Å². The molecule has 0 fully saturated rings. The monoisotopic (exact) mass is 329 g/mol. The maximum Gasteiger partial charge on any atom is 0.0314 e. The summed E-state index contributed by atoms with van der Waals surface area (Å²) in [6.45, 7) is 12.0. The third-order valence-corrected chi connectivity index (χ3v) is 4.81. The summed E-state index contributed by atoms with van der Waals surface area (Å²) < 4.78 is 1.21. The van der Waals surface area contributed by atoms with E-state index < -0.39 is 0 Å². The van der Waals surface area contributed by atoms with E-state index in [-0.39, 0.29) is 5.54 Å². The minimum absolute atomic E-state index is 0.164. The summed E-state index contributed by atoms with van der Waals surface area (Å²) in [7, 11) is 0. The van der Waals surface area contributed by atoms with E-state index in [0.29, 0.717) is 0 Å². The van der Waals surface area contributed by atoms with Crippen LogP contribution in [-0.2, 0) is 6.54 Å². The van der Waals surface area contributed by atoms with Crippen molar-refractivity contribution in [1.29, 1.82) is 0 Å². The van der Waals surface area contributed by atoms with E-state index in [1.54, 1.807) is 0 Å². The zero-order chi connectivity index (χ0) is 13.8. The molecule has 1 aromatic carbocycles. The van der Waals surface area contributed by atoms with Crippen molar-refractivity contribution in [1.82, 2.24) is 5.32 Å². The van der Waals surface area contributed by atoms with Gasteiger partial charge in [0.2, 0.25) is 0 Å². The van der Waals surface area contributed by atoms with Crippen molar-refractivity contribution < 1.29 is 0 Å². The summed E-state index contributed by atoms with van der Waals surface area (Å²) in [6, 6.07) is 6.66. The minimum atomic E-state index is 0.164. The molecule has 0 radical (unpaired) electrons. The van der Waals surface area contributed by atoms with Crippen LogP contribution in [0.4, 0.5) is 0 Å². The first kappa shape index (κ1) is 16.1. The average molecular weight is 330 g/mol. The predicted octanol–water partition coefficient (Wildman–Crippen LogP) is 5.09. The molecular formula is C15H24BrNS. The molecule has 0 saturated heterocycles. The Hall–Kier alpha value is 0.01000. The Morgan fingerprint density at radius 1 is 1.28 bits per heavy atom. The first-order valence-corrected chi connectivity index (χ1v) is 8.22. The van der Waals surface area contributed by atoms with Crippen molar-refractivity contribution >= 4 is 27.7 Å². The smallest absolute Gasteiger partial charge is 0.0314 e. The lowest BCUT2D eigenvalue weighted by atomic mass is 10.1. The Kier molecular flexibility index (Phi) is 6.22. The number of benzene rings is 1. The van der Waals surface area contributed by atoms with E-state index in [4.69, 9.17) is 0 Å². The van der Waals surface area contributed by atoms with E-state index in [0.717, 1.165) is 18.2 Å². The summed E-state index contributed by atoms with van der Waals surface area (Å²) in [5.41, 5.74) is 1.49. The Morgan fingerprint density at radius 3 is 2.44 bits per heavy atom. The highest BCUT2D eigenvalue weighted by atomic mass is 79.9. The molecule has 1 rings (SSSR count). The third kappa shape index (κ3) is 6.26. The molecular weight excluding hydrogens is 306 g/mol. The fourth-order valence-corrected chi connectivity index (χ4v) is 3.04. The van der Waals surface area contributed by atoms with Gasteiger partial charge < -0.3 is 5.32 Å². The number of nitrogens with one attached hydrogen (secondary N) is 1. The molecule has 0 spiro atoms. The average Bonchev–Trinajstić information content (AvgIpc) is 2.24. The zero-order valence-corrected chi connectivity index (χ0v) is 14.4. The normalized spacial score (nSPS) is 12.2. The SMILES string of the molecule is CC(C)CSc1ccc(CNC(C)(C)C)cc1Br. The molecule has 3 heteroatoms. The van der Waals surface area contributed by atoms with Gasteiger partial charge in [-0.3, -0.25) is 0 Å². The quantitative estimate of drug-likeness (QED) is 0.755. The molecule has 0 heterocycles. The molecule has 0 aliphatic heterocycles. The molecule has 0 saturated carbocycles. The fourth-order valence-electron chi connectivity index (χ4n) is 1.40. The van der Waals surface area contributed by atoms with Crippen LogP contribution in [0.3, 0.4) is 0 Å². The van der Waals surface area contributed by atoms with Gasteiger partial charge in [-0.15, -0.1) is 11.8 Å². The van der Waals surface area contributed by atoms with E-state index in [2.05, 4.69) is 74.1 Å².